The standard InChI is InChI=1S/C15H18N2O3/c1-10(2)17-14(18)8-16-15(19)12-7-11-5-3-4-6-13(11)20-9-12/h3-7,10H,8-9H2,1-2H3,(H,16,19)(H,17,18). The second-order valence-electron chi connectivity index (χ2n) is 4.90. The predicted molar refractivity (Wildman–Crippen MR) is 76.2 cm³/mol. The lowest BCUT2D eigenvalue weighted by atomic mass is 10.1. The number of hydrogen-bond donors (Lipinski definition) is 2. The van der Waals surface area contributed by atoms with Crippen LogP contribution in [-0.2, 0) is 9.59 Å². The van der Waals surface area contributed by atoms with E-state index in [1.165, 1.54) is 0 Å². The van der Waals surface area contributed by atoms with Crippen LogP contribution in [0.2, 0.25) is 0 Å². The number of nitrogens with one attached hydrogen (secondary N) is 2. The van der Waals surface area contributed by atoms with Gasteiger partial charge in [-0.25, -0.2) is 0 Å². The zero-order chi connectivity index (χ0) is 14.5. The zero-order valence-electron chi connectivity index (χ0n) is 11.6. The second-order valence-corrected chi connectivity index (χ2v) is 4.90. The van der Waals surface area contributed by atoms with E-state index < -0.39 is 0 Å². The Balaban J connectivity index is 1.94. The van der Waals surface area contributed by atoms with Gasteiger partial charge in [-0.2, -0.15) is 0 Å². The molecular weight excluding hydrogens is 256 g/mol. The number of benzene rings is 1. The minimum atomic E-state index is -0.279. The molecule has 0 atom stereocenters. The molecule has 1 heterocycles. The summed E-state index contributed by atoms with van der Waals surface area (Å²) < 4.78 is 5.50. The van der Waals surface area contributed by atoms with Crippen LogP contribution in [-0.4, -0.2) is 31.0 Å². The Hall–Kier alpha value is -2.30. The Bertz CT molecular complexity index is 550. The number of amides is 2. The van der Waals surface area contributed by atoms with Gasteiger partial charge in [0.15, 0.2) is 0 Å². The first-order valence-corrected chi connectivity index (χ1v) is 6.56. The van der Waals surface area contributed by atoms with Crippen molar-refractivity contribution in [2.45, 2.75) is 19.9 Å². The SMILES string of the molecule is CC(C)NC(=O)CNC(=O)C1=Cc2ccccc2OC1. The van der Waals surface area contributed by atoms with Crippen LogP contribution in [0, 0.1) is 0 Å². The van der Waals surface area contributed by atoms with Crippen molar-refractivity contribution in [1.82, 2.24) is 10.6 Å². The lowest BCUT2D eigenvalue weighted by Crippen LogP contribution is -2.40. The van der Waals surface area contributed by atoms with Crippen LogP contribution >= 0.6 is 0 Å². The first kappa shape index (κ1) is 14.1. The van der Waals surface area contributed by atoms with E-state index in [0.717, 1.165) is 11.3 Å². The van der Waals surface area contributed by atoms with Gasteiger partial charge < -0.3 is 15.4 Å². The highest BCUT2D eigenvalue weighted by Crippen LogP contribution is 2.25. The van der Waals surface area contributed by atoms with Crippen LogP contribution in [0.1, 0.15) is 19.4 Å². The summed E-state index contributed by atoms with van der Waals surface area (Å²) in [4.78, 5) is 23.4. The Labute approximate surface area is 118 Å². The Morgan fingerprint density at radius 2 is 2.05 bits per heavy atom. The summed E-state index contributed by atoms with van der Waals surface area (Å²) in [5.74, 6) is 0.283. The first-order valence-electron chi connectivity index (χ1n) is 6.56. The molecule has 0 aliphatic carbocycles. The average molecular weight is 274 g/mol. The minimum Gasteiger partial charge on any atom is -0.488 e. The molecule has 0 aromatic heterocycles. The molecule has 1 aliphatic heterocycles. The number of fused-ring (bicyclic) bond motifs is 1. The summed E-state index contributed by atoms with van der Waals surface area (Å²) in [5.41, 5.74) is 1.39. The summed E-state index contributed by atoms with van der Waals surface area (Å²) in [6.07, 6.45) is 1.79. The molecule has 0 fully saturated rings. The van der Waals surface area contributed by atoms with Crippen molar-refractivity contribution in [3.05, 3.63) is 35.4 Å². The molecule has 106 valence electrons. The van der Waals surface area contributed by atoms with Crippen molar-refractivity contribution in [3.63, 3.8) is 0 Å². The van der Waals surface area contributed by atoms with E-state index in [0.29, 0.717) is 5.57 Å². The van der Waals surface area contributed by atoms with Crippen LogP contribution in [0.25, 0.3) is 6.08 Å². The molecule has 1 aromatic carbocycles. The molecule has 1 aliphatic rings. The van der Waals surface area contributed by atoms with Crippen molar-refractivity contribution in [1.29, 1.82) is 0 Å². The highest BCUT2D eigenvalue weighted by molar-refractivity contribution is 6.00. The zero-order valence-corrected chi connectivity index (χ0v) is 11.6. The predicted octanol–water partition coefficient (Wildman–Crippen LogP) is 1.10. The Morgan fingerprint density at radius 1 is 1.30 bits per heavy atom. The Morgan fingerprint density at radius 3 is 2.80 bits per heavy atom. The number of ether oxygens (including phenoxy) is 1. The summed E-state index contributed by atoms with van der Waals surface area (Å²) >= 11 is 0. The lowest BCUT2D eigenvalue weighted by Gasteiger charge is -2.17. The average Bonchev–Trinajstić information content (AvgIpc) is 2.43. The highest BCUT2D eigenvalue weighted by Gasteiger charge is 2.17. The highest BCUT2D eigenvalue weighted by atomic mass is 16.5. The fraction of sp³-hybridized carbons (Fsp3) is 0.333. The molecule has 2 N–H and O–H groups in total. The van der Waals surface area contributed by atoms with Crippen molar-refractivity contribution in [2.24, 2.45) is 0 Å². The van der Waals surface area contributed by atoms with E-state index in [4.69, 9.17) is 4.74 Å². The van der Waals surface area contributed by atoms with Gasteiger partial charge in [-0.05, 0) is 26.0 Å². The van der Waals surface area contributed by atoms with Gasteiger partial charge in [0.25, 0.3) is 5.91 Å². The molecule has 5 heteroatoms. The van der Waals surface area contributed by atoms with E-state index in [1.807, 2.05) is 38.1 Å². The van der Waals surface area contributed by atoms with Crippen LogP contribution < -0.4 is 15.4 Å². The lowest BCUT2D eigenvalue weighted by molar-refractivity contribution is -0.124. The van der Waals surface area contributed by atoms with Crippen molar-refractivity contribution >= 4 is 17.9 Å². The van der Waals surface area contributed by atoms with Gasteiger partial charge >= 0.3 is 0 Å². The molecule has 1 aromatic rings. The normalized spacial score (nSPS) is 13.1. The summed E-state index contributed by atoms with van der Waals surface area (Å²) in [7, 11) is 0. The minimum absolute atomic E-state index is 0.0317. The largest absolute Gasteiger partial charge is 0.488 e. The quantitative estimate of drug-likeness (QED) is 0.864. The first-order chi connectivity index (χ1) is 9.56. The Kier molecular flexibility index (Phi) is 4.40. The molecule has 0 radical (unpaired) electrons. The third-order valence-electron chi connectivity index (χ3n) is 2.78. The fourth-order valence-electron chi connectivity index (χ4n) is 1.89. The van der Waals surface area contributed by atoms with Gasteiger partial charge in [0, 0.05) is 11.6 Å². The maximum Gasteiger partial charge on any atom is 0.251 e. The van der Waals surface area contributed by atoms with Crippen LogP contribution in [0.5, 0.6) is 5.75 Å². The summed E-state index contributed by atoms with van der Waals surface area (Å²) in [6.45, 7) is 3.92. The van der Waals surface area contributed by atoms with E-state index in [2.05, 4.69) is 10.6 Å². The van der Waals surface area contributed by atoms with Crippen LogP contribution in [0.3, 0.4) is 0 Å². The van der Waals surface area contributed by atoms with E-state index in [-0.39, 0.29) is 31.0 Å². The molecule has 0 saturated carbocycles. The second kappa shape index (κ2) is 6.23. The van der Waals surface area contributed by atoms with E-state index >= 15 is 0 Å². The van der Waals surface area contributed by atoms with Gasteiger partial charge in [-0.15, -0.1) is 0 Å². The smallest absolute Gasteiger partial charge is 0.251 e. The fourth-order valence-corrected chi connectivity index (χ4v) is 1.89. The number of carbonyl (C=O) groups is 2. The summed E-state index contributed by atoms with van der Waals surface area (Å²) in [6, 6.07) is 7.57. The van der Waals surface area contributed by atoms with Crippen molar-refractivity contribution < 1.29 is 14.3 Å². The summed E-state index contributed by atoms with van der Waals surface area (Å²) in [5, 5.41) is 5.30. The maximum absolute atomic E-state index is 12.0. The number of para-hydroxylation sites is 1. The third-order valence-corrected chi connectivity index (χ3v) is 2.78. The molecule has 2 amide bonds. The van der Waals surface area contributed by atoms with Crippen molar-refractivity contribution in [2.75, 3.05) is 13.2 Å². The molecule has 5 nitrogen and oxygen atoms in total. The molecule has 20 heavy (non-hydrogen) atoms. The molecular formula is C15H18N2O3. The van der Waals surface area contributed by atoms with Gasteiger partial charge in [0.05, 0.1) is 12.1 Å². The van der Waals surface area contributed by atoms with Gasteiger partial charge in [-0.1, -0.05) is 18.2 Å². The number of rotatable bonds is 4. The monoisotopic (exact) mass is 274 g/mol. The molecule has 0 unspecified atom stereocenters. The van der Waals surface area contributed by atoms with Crippen molar-refractivity contribution in [3.8, 4) is 5.75 Å². The van der Waals surface area contributed by atoms with Crippen LogP contribution in [0.4, 0.5) is 0 Å². The van der Waals surface area contributed by atoms with E-state index in [9.17, 15) is 9.59 Å². The number of carbonyl (C=O) groups excluding carboxylic acids is 2. The van der Waals surface area contributed by atoms with Gasteiger partial charge in [-0.3, -0.25) is 9.59 Å². The molecule has 0 spiro atoms. The van der Waals surface area contributed by atoms with E-state index in [1.54, 1.807) is 6.08 Å². The topological polar surface area (TPSA) is 67.4 Å². The molecule has 0 saturated heterocycles. The van der Waals surface area contributed by atoms with Crippen LogP contribution in [0.15, 0.2) is 29.8 Å². The van der Waals surface area contributed by atoms with Gasteiger partial charge in [0.1, 0.15) is 12.4 Å². The molecule has 2 rings (SSSR count). The number of hydrogen-bond acceptors (Lipinski definition) is 3. The molecule has 0 bridgehead atoms. The maximum atomic E-state index is 12.0. The van der Waals surface area contributed by atoms with Gasteiger partial charge in [0.2, 0.25) is 5.91 Å². The third kappa shape index (κ3) is 3.60.